The van der Waals surface area contributed by atoms with Gasteiger partial charge in [-0.05, 0) is 43.2 Å². The van der Waals surface area contributed by atoms with Crippen LogP contribution in [0.15, 0.2) is 30.3 Å². The predicted molar refractivity (Wildman–Crippen MR) is 200 cm³/mol. The molecule has 0 bridgehead atoms. The number of carboxylic acid groups (broad SMARTS) is 1. The number of carboxylic acids is 1. The van der Waals surface area contributed by atoms with Gasteiger partial charge >= 0.3 is 5.97 Å². The number of ether oxygens (including phenoxy) is 2. The monoisotopic (exact) mass is 731 g/mol. The number of nitrogens with zero attached hydrogens (tertiary/aromatic N) is 2. The third-order valence-corrected chi connectivity index (χ3v) is 10.6. The van der Waals surface area contributed by atoms with E-state index in [2.05, 4.69) is 16.0 Å². The second kappa shape index (κ2) is 21.2. The molecule has 52 heavy (non-hydrogen) atoms. The highest BCUT2D eigenvalue weighted by Gasteiger charge is 2.43. The van der Waals surface area contributed by atoms with E-state index < -0.39 is 60.2 Å². The molecule has 1 aromatic rings. The van der Waals surface area contributed by atoms with Crippen molar-refractivity contribution in [3.8, 4) is 0 Å². The maximum atomic E-state index is 14.1. The van der Waals surface area contributed by atoms with Crippen molar-refractivity contribution in [1.82, 2.24) is 25.8 Å². The Morgan fingerprint density at radius 3 is 2.04 bits per heavy atom. The highest BCUT2D eigenvalue weighted by Crippen LogP contribution is 2.29. The highest BCUT2D eigenvalue weighted by atomic mass is 16.5. The SMILES string of the molecule is CCC(C)[C@@H](C(CC(=O)N1CCC[C@H]1[C@H](OC)[C@@H](C)C(=O)N[C@@H](Cc1ccccc1)C(=O)O)OC)N(C)C(=O)[C@@H](NC(=O)[C@@H](NC)C(C)C)C(C)C. The summed E-state index contributed by atoms with van der Waals surface area (Å²) in [5, 5.41) is 18.5. The molecule has 4 amide bonds. The fourth-order valence-electron chi connectivity index (χ4n) is 7.40. The van der Waals surface area contributed by atoms with Crippen molar-refractivity contribution < 1.29 is 38.6 Å². The minimum atomic E-state index is -1.14. The first-order valence-corrected chi connectivity index (χ1v) is 18.7. The van der Waals surface area contributed by atoms with Crippen molar-refractivity contribution in [2.24, 2.45) is 23.7 Å². The predicted octanol–water partition coefficient (Wildman–Crippen LogP) is 3.10. The number of nitrogens with one attached hydrogen (secondary N) is 3. The molecule has 1 fully saturated rings. The fourth-order valence-corrected chi connectivity index (χ4v) is 7.40. The molecule has 0 saturated carbocycles. The zero-order chi connectivity index (χ0) is 39.3. The first-order chi connectivity index (χ1) is 24.5. The van der Waals surface area contributed by atoms with Gasteiger partial charge in [-0.1, -0.05) is 85.2 Å². The molecule has 4 N–H and O–H groups in total. The summed E-state index contributed by atoms with van der Waals surface area (Å²) < 4.78 is 11.8. The molecule has 9 atom stereocenters. The summed E-state index contributed by atoms with van der Waals surface area (Å²) in [7, 11) is 6.46. The Morgan fingerprint density at radius 1 is 0.923 bits per heavy atom. The first kappa shape index (κ1) is 44.6. The van der Waals surface area contributed by atoms with E-state index in [-0.39, 0.29) is 48.3 Å². The molecule has 1 heterocycles. The van der Waals surface area contributed by atoms with Gasteiger partial charge in [-0.15, -0.1) is 0 Å². The smallest absolute Gasteiger partial charge is 0.326 e. The number of rotatable bonds is 21. The van der Waals surface area contributed by atoms with Crippen LogP contribution in [0, 0.1) is 23.7 Å². The molecule has 13 nitrogen and oxygen atoms in total. The number of carbonyl (C=O) groups is 5. The number of aliphatic carboxylic acids is 1. The normalized spacial score (nSPS) is 19.2. The lowest BCUT2D eigenvalue weighted by atomic mass is 9.89. The Bertz CT molecular complexity index is 1310. The van der Waals surface area contributed by atoms with Crippen LogP contribution >= 0.6 is 0 Å². The van der Waals surface area contributed by atoms with Crippen LogP contribution < -0.4 is 16.0 Å². The Morgan fingerprint density at radius 2 is 1.54 bits per heavy atom. The molecule has 1 aliphatic heterocycles. The van der Waals surface area contributed by atoms with E-state index in [1.807, 2.05) is 71.9 Å². The van der Waals surface area contributed by atoms with Crippen molar-refractivity contribution in [3.63, 3.8) is 0 Å². The molecule has 294 valence electrons. The van der Waals surface area contributed by atoms with Gasteiger partial charge in [-0.2, -0.15) is 0 Å². The highest BCUT2D eigenvalue weighted by molar-refractivity contribution is 5.90. The van der Waals surface area contributed by atoms with Gasteiger partial charge < -0.3 is 40.3 Å². The third-order valence-electron chi connectivity index (χ3n) is 10.6. The average molecular weight is 732 g/mol. The lowest BCUT2D eigenvalue weighted by Gasteiger charge is -2.41. The number of hydrogen-bond acceptors (Lipinski definition) is 8. The number of carbonyl (C=O) groups excluding carboxylic acids is 4. The largest absolute Gasteiger partial charge is 0.480 e. The van der Waals surface area contributed by atoms with Crippen molar-refractivity contribution in [1.29, 1.82) is 0 Å². The number of methoxy groups -OCH3 is 2. The Balaban J connectivity index is 2.26. The van der Waals surface area contributed by atoms with Crippen molar-refractivity contribution in [2.45, 2.75) is 123 Å². The molecule has 2 unspecified atom stereocenters. The number of likely N-dealkylation sites (tertiary alicyclic amines) is 1. The summed E-state index contributed by atoms with van der Waals surface area (Å²) in [5.74, 6) is -3.27. The molecule has 0 spiro atoms. The Labute approximate surface area is 310 Å². The molecule has 0 radical (unpaired) electrons. The second-order valence-corrected chi connectivity index (χ2v) is 14.9. The zero-order valence-electron chi connectivity index (χ0n) is 33.2. The van der Waals surface area contributed by atoms with Crippen LogP contribution in [0.1, 0.15) is 79.7 Å². The number of likely N-dealkylation sites (N-methyl/N-ethyl adjacent to an activating group) is 2. The van der Waals surface area contributed by atoms with Gasteiger partial charge in [-0.3, -0.25) is 19.2 Å². The summed E-state index contributed by atoms with van der Waals surface area (Å²) in [6.45, 7) is 13.9. The molecule has 1 saturated heterocycles. The van der Waals surface area contributed by atoms with E-state index >= 15 is 0 Å². The van der Waals surface area contributed by atoms with Crippen LogP contribution in [0.2, 0.25) is 0 Å². The molecule has 2 rings (SSSR count). The lowest BCUT2D eigenvalue weighted by molar-refractivity contribution is -0.148. The molecule has 0 aromatic heterocycles. The van der Waals surface area contributed by atoms with Crippen molar-refractivity contribution in [2.75, 3.05) is 34.9 Å². The standard InChI is InChI=1S/C39H65N5O8/c1-12-25(6)34(43(9)38(48)33(24(4)5)42-37(47)32(40-8)23(2)3)30(51-10)22-31(45)44-20-16-19-29(44)35(52-11)26(7)36(46)41-28(39(49)50)21-27-17-14-13-15-18-27/h13-15,17-18,23-26,28-30,32-35,40H,12,16,19-22H2,1-11H3,(H,41,46)(H,42,47)(H,49,50)/t25?,26-,28+,29+,30?,32+,33+,34+,35-/m1/s1. The van der Waals surface area contributed by atoms with Crippen LogP contribution in [-0.2, 0) is 39.9 Å². The van der Waals surface area contributed by atoms with Crippen LogP contribution in [0.5, 0.6) is 0 Å². The summed E-state index contributed by atoms with van der Waals surface area (Å²) >= 11 is 0. The summed E-state index contributed by atoms with van der Waals surface area (Å²) in [5.41, 5.74) is 0.785. The molecule has 13 heteroatoms. The van der Waals surface area contributed by atoms with E-state index in [1.54, 1.807) is 30.8 Å². The van der Waals surface area contributed by atoms with Crippen LogP contribution in [-0.4, -0.2) is 122 Å². The van der Waals surface area contributed by atoms with Gasteiger partial charge in [0.05, 0.1) is 42.7 Å². The lowest BCUT2D eigenvalue weighted by Crippen LogP contribution is -2.59. The van der Waals surface area contributed by atoms with Crippen molar-refractivity contribution >= 4 is 29.6 Å². The van der Waals surface area contributed by atoms with Gasteiger partial charge in [0.25, 0.3) is 0 Å². The quantitative estimate of drug-likeness (QED) is 0.149. The molecular weight excluding hydrogens is 666 g/mol. The van der Waals surface area contributed by atoms with E-state index in [0.717, 1.165) is 12.0 Å². The number of hydrogen-bond donors (Lipinski definition) is 4. The zero-order valence-corrected chi connectivity index (χ0v) is 33.2. The van der Waals surface area contributed by atoms with Gasteiger partial charge in [0.2, 0.25) is 23.6 Å². The summed E-state index contributed by atoms with van der Waals surface area (Å²) in [4.78, 5) is 70.3. The topological polar surface area (TPSA) is 167 Å². The number of benzene rings is 1. The molecule has 0 aliphatic carbocycles. The van der Waals surface area contributed by atoms with E-state index in [9.17, 15) is 29.1 Å². The van der Waals surface area contributed by atoms with E-state index in [1.165, 1.54) is 14.2 Å². The minimum Gasteiger partial charge on any atom is -0.480 e. The number of amides is 4. The maximum Gasteiger partial charge on any atom is 0.326 e. The Hall–Kier alpha value is -3.55. The van der Waals surface area contributed by atoms with Gasteiger partial charge in [0, 0.05) is 34.2 Å². The third kappa shape index (κ3) is 11.7. The fraction of sp³-hybridized carbons (Fsp3) is 0.718. The maximum absolute atomic E-state index is 14.1. The average Bonchev–Trinajstić information content (AvgIpc) is 3.59. The van der Waals surface area contributed by atoms with Gasteiger partial charge in [0.15, 0.2) is 0 Å². The van der Waals surface area contributed by atoms with Crippen LogP contribution in [0.3, 0.4) is 0 Å². The molecule has 1 aliphatic rings. The summed E-state index contributed by atoms with van der Waals surface area (Å²) in [6, 6.07) is 5.84. The first-order valence-electron chi connectivity index (χ1n) is 18.7. The second-order valence-electron chi connectivity index (χ2n) is 14.9. The van der Waals surface area contributed by atoms with Crippen LogP contribution in [0.4, 0.5) is 0 Å². The summed E-state index contributed by atoms with van der Waals surface area (Å²) in [6.07, 6.45) is 0.818. The van der Waals surface area contributed by atoms with E-state index in [0.29, 0.717) is 19.4 Å². The van der Waals surface area contributed by atoms with Gasteiger partial charge in [-0.25, -0.2) is 4.79 Å². The molecular formula is C39H65N5O8. The Kier molecular flexibility index (Phi) is 18.2. The van der Waals surface area contributed by atoms with E-state index in [4.69, 9.17) is 9.47 Å². The van der Waals surface area contributed by atoms with Crippen LogP contribution in [0.25, 0.3) is 0 Å². The van der Waals surface area contributed by atoms with Gasteiger partial charge in [0.1, 0.15) is 12.1 Å². The molecule has 1 aromatic carbocycles. The minimum absolute atomic E-state index is 0.0112. The van der Waals surface area contributed by atoms with Crippen molar-refractivity contribution in [3.05, 3.63) is 35.9 Å².